The highest BCUT2D eigenvalue weighted by atomic mass is 16.5. The minimum Gasteiger partial charge on any atom is -0.384 e. The minimum atomic E-state index is -0.239. The molecule has 0 aliphatic carbocycles. The third-order valence-corrected chi connectivity index (χ3v) is 1.93. The van der Waals surface area contributed by atoms with E-state index in [-0.39, 0.29) is 24.4 Å². The van der Waals surface area contributed by atoms with Crippen molar-refractivity contribution in [2.45, 2.75) is 12.8 Å². The van der Waals surface area contributed by atoms with Crippen molar-refractivity contribution < 1.29 is 14.3 Å². The lowest BCUT2D eigenvalue weighted by molar-refractivity contribution is -0.119. The van der Waals surface area contributed by atoms with Crippen LogP contribution in [-0.2, 0) is 16.6 Å². The Morgan fingerprint density at radius 3 is 2.80 bits per heavy atom. The van der Waals surface area contributed by atoms with Gasteiger partial charge in [0.25, 0.3) is 0 Å². The van der Waals surface area contributed by atoms with Crippen LogP contribution in [0.1, 0.15) is 23.3 Å². The first-order valence-corrected chi connectivity index (χ1v) is 4.65. The highest BCUT2D eigenvalue weighted by Gasteiger charge is 2.13. The predicted molar refractivity (Wildman–Crippen MR) is 53.7 cm³/mol. The van der Waals surface area contributed by atoms with E-state index in [9.17, 15) is 9.59 Å². The van der Waals surface area contributed by atoms with Crippen molar-refractivity contribution in [3.8, 4) is 0 Å². The number of aromatic nitrogens is 2. The third-order valence-electron chi connectivity index (χ3n) is 1.93. The maximum atomic E-state index is 11.5. The second kappa shape index (κ2) is 5.41. The van der Waals surface area contributed by atoms with Gasteiger partial charge in [-0.3, -0.25) is 9.59 Å². The second-order valence-electron chi connectivity index (χ2n) is 3.31. The van der Waals surface area contributed by atoms with Gasteiger partial charge in [0, 0.05) is 26.8 Å². The third kappa shape index (κ3) is 3.63. The Kier molecular flexibility index (Phi) is 4.17. The van der Waals surface area contributed by atoms with Gasteiger partial charge in [0.15, 0.2) is 5.78 Å². The molecule has 1 heterocycles. The lowest BCUT2D eigenvalue weighted by atomic mass is 10.1. The van der Waals surface area contributed by atoms with Crippen molar-refractivity contribution in [3.63, 3.8) is 0 Å². The molecule has 0 aliphatic rings. The summed E-state index contributed by atoms with van der Waals surface area (Å²) in [5.41, 5.74) is 0.336. The first kappa shape index (κ1) is 11.6. The number of methoxy groups -OCH3 is 1. The zero-order valence-corrected chi connectivity index (χ0v) is 8.90. The molecule has 0 aromatic carbocycles. The number of ketones is 2. The molecular formula is C10H14N2O3. The van der Waals surface area contributed by atoms with E-state index >= 15 is 0 Å². The molecular weight excluding hydrogens is 196 g/mol. The molecule has 0 saturated carbocycles. The molecule has 5 nitrogen and oxygen atoms in total. The summed E-state index contributed by atoms with van der Waals surface area (Å²) in [6.45, 7) is 0.355. The molecule has 5 heteroatoms. The highest BCUT2D eigenvalue weighted by Crippen LogP contribution is 2.01. The number of ether oxygens (including phenoxy) is 1. The van der Waals surface area contributed by atoms with Crippen LogP contribution in [0.2, 0.25) is 0 Å². The van der Waals surface area contributed by atoms with E-state index in [1.807, 2.05) is 0 Å². The summed E-state index contributed by atoms with van der Waals surface area (Å²) in [6, 6.07) is 0. The normalized spacial score (nSPS) is 10.3. The Labute approximate surface area is 88.1 Å². The van der Waals surface area contributed by atoms with E-state index in [0.29, 0.717) is 12.3 Å². The maximum Gasteiger partial charge on any atom is 0.190 e. The minimum absolute atomic E-state index is 0.0969. The second-order valence-corrected chi connectivity index (χ2v) is 3.31. The Morgan fingerprint density at radius 1 is 1.53 bits per heavy atom. The van der Waals surface area contributed by atoms with Gasteiger partial charge in [0.05, 0.1) is 19.4 Å². The van der Waals surface area contributed by atoms with Crippen LogP contribution in [0.3, 0.4) is 0 Å². The molecule has 15 heavy (non-hydrogen) atoms. The smallest absolute Gasteiger partial charge is 0.190 e. The van der Waals surface area contributed by atoms with Crippen LogP contribution in [0.4, 0.5) is 0 Å². The van der Waals surface area contributed by atoms with Crippen LogP contribution < -0.4 is 0 Å². The van der Waals surface area contributed by atoms with E-state index in [1.165, 1.54) is 13.4 Å². The summed E-state index contributed by atoms with van der Waals surface area (Å²) >= 11 is 0. The molecule has 0 spiro atoms. The number of Topliss-reactive ketones (excluding diaryl/α,β-unsaturated/α-hetero) is 2. The van der Waals surface area contributed by atoms with Gasteiger partial charge in [-0.05, 0) is 0 Å². The average Bonchev–Trinajstić information content (AvgIpc) is 2.61. The van der Waals surface area contributed by atoms with E-state index in [0.717, 1.165) is 0 Å². The molecule has 0 aliphatic heterocycles. The molecule has 82 valence electrons. The number of rotatable bonds is 6. The summed E-state index contributed by atoms with van der Waals surface area (Å²) in [4.78, 5) is 26.6. The Bertz CT molecular complexity index is 357. The standard InChI is InChI=1S/C10H14N2O3/c1-12-6-9(11-7-12)10(14)5-8(13)3-4-15-2/h6-7H,3-5H2,1-2H3. The molecule has 0 fully saturated rings. The largest absolute Gasteiger partial charge is 0.384 e. The van der Waals surface area contributed by atoms with Crippen LogP contribution in [0.5, 0.6) is 0 Å². The van der Waals surface area contributed by atoms with Gasteiger partial charge < -0.3 is 9.30 Å². The summed E-state index contributed by atoms with van der Waals surface area (Å²) in [7, 11) is 3.30. The van der Waals surface area contributed by atoms with Crippen molar-refractivity contribution >= 4 is 11.6 Å². The van der Waals surface area contributed by atoms with E-state index in [2.05, 4.69) is 4.98 Å². The molecule has 1 aromatic heterocycles. The van der Waals surface area contributed by atoms with Gasteiger partial charge in [-0.1, -0.05) is 0 Å². The SMILES string of the molecule is COCCC(=O)CC(=O)c1cn(C)cn1. The lowest BCUT2D eigenvalue weighted by Crippen LogP contribution is -2.10. The van der Waals surface area contributed by atoms with Crippen LogP contribution in [0.25, 0.3) is 0 Å². The van der Waals surface area contributed by atoms with E-state index in [1.54, 1.807) is 17.8 Å². The van der Waals surface area contributed by atoms with E-state index < -0.39 is 0 Å². The Morgan fingerprint density at radius 2 is 2.27 bits per heavy atom. The Balaban J connectivity index is 2.45. The number of nitrogens with zero attached hydrogens (tertiary/aromatic N) is 2. The van der Waals surface area contributed by atoms with E-state index in [4.69, 9.17) is 4.74 Å². The fourth-order valence-electron chi connectivity index (χ4n) is 1.13. The quantitative estimate of drug-likeness (QED) is 0.509. The van der Waals surface area contributed by atoms with Gasteiger partial charge in [-0.2, -0.15) is 0 Å². The number of hydrogen-bond donors (Lipinski definition) is 0. The van der Waals surface area contributed by atoms with Crippen molar-refractivity contribution in [2.75, 3.05) is 13.7 Å². The van der Waals surface area contributed by atoms with Gasteiger partial charge >= 0.3 is 0 Å². The maximum absolute atomic E-state index is 11.5. The van der Waals surface area contributed by atoms with Crippen LogP contribution >= 0.6 is 0 Å². The fraction of sp³-hybridized carbons (Fsp3) is 0.500. The molecule has 0 radical (unpaired) electrons. The summed E-state index contributed by atoms with van der Waals surface area (Å²) in [6.07, 6.45) is 3.31. The monoisotopic (exact) mass is 210 g/mol. The van der Waals surface area contributed by atoms with Gasteiger partial charge in [0.1, 0.15) is 11.5 Å². The first-order valence-electron chi connectivity index (χ1n) is 4.65. The molecule has 0 bridgehead atoms. The van der Waals surface area contributed by atoms with Crippen molar-refractivity contribution in [1.82, 2.24) is 9.55 Å². The highest BCUT2D eigenvalue weighted by molar-refractivity contribution is 6.06. The lowest BCUT2D eigenvalue weighted by Gasteiger charge is -1.97. The van der Waals surface area contributed by atoms with Crippen LogP contribution in [0, 0.1) is 0 Å². The van der Waals surface area contributed by atoms with Crippen molar-refractivity contribution in [2.24, 2.45) is 7.05 Å². The summed E-state index contributed by atoms with van der Waals surface area (Å²) < 4.78 is 6.43. The number of aryl methyl sites for hydroxylation is 1. The zero-order chi connectivity index (χ0) is 11.3. The molecule has 0 unspecified atom stereocenters. The van der Waals surface area contributed by atoms with Crippen LogP contribution in [-0.4, -0.2) is 34.8 Å². The summed E-state index contributed by atoms with van der Waals surface area (Å²) in [5.74, 6) is -0.357. The zero-order valence-electron chi connectivity index (χ0n) is 8.90. The molecule has 1 rings (SSSR count). The summed E-state index contributed by atoms with van der Waals surface area (Å²) in [5, 5.41) is 0. The predicted octanol–water partition coefficient (Wildman–Crippen LogP) is 0.599. The molecule has 0 atom stereocenters. The van der Waals surface area contributed by atoms with Crippen molar-refractivity contribution in [3.05, 3.63) is 18.2 Å². The number of carbonyl (C=O) groups excluding carboxylic acids is 2. The van der Waals surface area contributed by atoms with Crippen molar-refractivity contribution in [1.29, 1.82) is 0 Å². The van der Waals surface area contributed by atoms with Crippen LogP contribution in [0.15, 0.2) is 12.5 Å². The topological polar surface area (TPSA) is 61.2 Å². The molecule has 0 N–H and O–H groups in total. The van der Waals surface area contributed by atoms with Gasteiger partial charge in [0.2, 0.25) is 0 Å². The number of imidazole rings is 1. The fourth-order valence-corrected chi connectivity index (χ4v) is 1.13. The van der Waals surface area contributed by atoms with Gasteiger partial charge in [-0.15, -0.1) is 0 Å². The Hall–Kier alpha value is -1.49. The van der Waals surface area contributed by atoms with Gasteiger partial charge in [-0.25, -0.2) is 4.98 Å². The first-order chi connectivity index (χ1) is 7.13. The average molecular weight is 210 g/mol. The number of hydrogen-bond acceptors (Lipinski definition) is 4. The number of carbonyl (C=O) groups is 2. The molecule has 0 amide bonds. The molecule has 1 aromatic rings. The molecule has 0 saturated heterocycles.